The minimum absolute atomic E-state index is 0.0364. The lowest BCUT2D eigenvalue weighted by Gasteiger charge is -1.99. The normalized spacial score (nSPS) is 9.18. The first-order valence-corrected chi connectivity index (χ1v) is 4.27. The van der Waals surface area contributed by atoms with Gasteiger partial charge in [0.05, 0.1) is 13.0 Å². The molecular formula is C6H12N2O2S. The molecule has 0 aliphatic heterocycles. The lowest BCUT2D eigenvalue weighted by molar-refractivity contribution is -0.142. The maximum atomic E-state index is 10.7. The van der Waals surface area contributed by atoms with Crippen molar-refractivity contribution in [2.45, 2.75) is 13.3 Å². The molecule has 0 atom stereocenters. The number of carbonyl (C=O) groups is 1. The Labute approximate surface area is 70.0 Å². The molecule has 4 nitrogen and oxygen atoms in total. The lowest BCUT2D eigenvalue weighted by Crippen LogP contribution is -2.09. The van der Waals surface area contributed by atoms with E-state index in [1.165, 1.54) is 0 Å². The van der Waals surface area contributed by atoms with E-state index in [-0.39, 0.29) is 11.1 Å². The Morgan fingerprint density at radius 2 is 2.36 bits per heavy atom. The van der Waals surface area contributed by atoms with Crippen LogP contribution < -0.4 is 5.73 Å². The number of carbonyl (C=O) groups excluding carboxylic acids is 1. The predicted octanol–water partition coefficient (Wildman–Crippen LogP) is 0.566. The molecule has 0 unspecified atom stereocenters. The highest BCUT2D eigenvalue weighted by molar-refractivity contribution is 8.13. The van der Waals surface area contributed by atoms with Gasteiger partial charge in [-0.2, -0.15) is 0 Å². The van der Waals surface area contributed by atoms with Crippen LogP contribution in [0.15, 0.2) is 0 Å². The van der Waals surface area contributed by atoms with E-state index in [4.69, 9.17) is 11.1 Å². The molecule has 0 spiro atoms. The van der Waals surface area contributed by atoms with Gasteiger partial charge in [-0.25, -0.2) is 0 Å². The molecule has 3 N–H and O–H groups in total. The Bertz CT molecular complexity index is 150. The highest BCUT2D eigenvalue weighted by Crippen LogP contribution is 2.01. The summed E-state index contributed by atoms with van der Waals surface area (Å²) in [5, 5.41) is 6.87. The summed E-state index contributed by atoms with van der Waals surface area (Å²) in [5.41, 5.74) is 5.05. The van der Waals surface area contributed by atoms with Crippen LogP contribution in [-0.4, -0.2) is 23.5 Å². The van der Waals surface area contributed by atoms with E-state index >= 15 is 0 Å². The lowest BCUT2D eigenvalue weighted by atomic mass is 10.5. The van der Waals surface area contributed by atoms with E-state index in [9.17, 15) is 4.79 Å². The van der Waals surface area contributed by atoms with Crippen LogP contribution in [0.2, 0.25) is 0 Å². The summed E-state index contributed by atoms with van der Waals surface area (Å²) in [5.74, 6) is 0.287. The third kappa shape index (κ3) is 7.18. The van der Waals surface area contributed by atoms with Crippen LogP contribution in [0.5, 0.6) is 0 Å². The van der Waals surface area contributed by atoms with E-state index in [1.54, 1.807) is 6.92 Å². The van der Waals surface area contributed by atoms with Gasteiger partial charge >= 0.3 is 5.97 Å². The van der Waals surface area contributed by atoms with Crippen molar-refractivity contribution >= 4 is 22.9 Å². The number of esters is 1. The molecule has 0 saturated heterocycles. The molecule has 0 fully saturated rings. The number of nitrogens with two attached hydrogens (primary N) is 1. The number of ether oxygens (including phenoxy) is 1. The summed E-state index contributed by atoms with van der Waals surface area (Å²) >= 11 is 1.15. The molecular weight excluding hydrogens is 164 g/mol. The minimum atomic E-state index is -0.235. The van der Waals surface area contributed by atoms with Crippen LogP contribution >= 0.6 is 11.8 Å². The standard InChI is InChI=1S/C6H12N2O2S/c1-2-10-5(9)3-4-11-6(7)8/h2-4H2,1H3,(H3,7,8). The highest BCUT2D eigenvalue weighted by Gasteiger charge is 2.00. The fourth-order valence-corrected chi connectivity index (χ4v) is 0.966. The zero-order chi connectivity index (χ0) is 8.69. The SMILES string of the molecule is CCOC(=O)CCSC(=N)N. The van der Waals surface area contributed by atoms with Crippen molar-refractivity contribution in [2.75, 3.05) is 12.4 Å². The molecule has 0 radical (unpaired) electrons. The fourth-order valence-electron chi connectivity index (χ4n) is 0.477. The summed E-state index contributed by atoms with van der Waals surface area (Å²) in [6, 6.07) is 0. The number of amidine groups is 1. The van der Waals surface area contributed by atoms with E-state index < -0.39 is 0 Å². The molecule has 5 heteroatoms. The van der Waals surface area contributed by atoms with Gasteiger partial charge in [-0.05, 0) is 6.92 Å². The third-order valence-corrected chi connectivity index (χ3v) is 1.59. The smallest absolute Gasteiger partial charge is 0.306 e. The number of nitrogens with one attached hydrogen (secondary N) is 1. The molecule has 0 aromatic carbocycles. The Kier molecular flexibility index (Phi) is 5.64. The molecule has 0 rings (SSSR count). The van der Waals surface area contributed by atoms with Crippen LogP contribution in [0.25, 0.3) is 0 Å². The second kappa shape index (κ2) is 6.03. The van der Waals surface area contributed by atoms with Crippen LogP contribution in [0.4, 0.5) is 0 Å². The Balaban J connectivity index is 3.24. The zero-order valence-electron chi connectivity index (χ0n) is 6.42. The average molecular weight is 176 g/mol. The van der Waals surface area contributed by atoms with Crippen LogP contribution in [0.1, 0.15) is 13.3 Å². The first-order valence-electron chi connectivity index (χ1n) is 3.29. The molecule has 0 bridgehead atoms. The highest BCUT2D eigenvalue weighted by atomic mass is 32.2. The molecule has 0 saturated carbocycles. The average Bonchev–Trinajstić information content (AvgIpc) is 1.87. The van der Waals surface area contributed by atoms with Gasteiger partial charge in [0, 0.05) is 5.75 Å². The first-order chi connectivity index (χ1) is 5.16. The number of hydrogen-bond donors (Lipinski definition) is 2. The number of rotatable bonds is 4. The van der Waals surface area contributed by atoms with E-state index in [0.29, 0.717) is 18.8 Å². The topological polar surface area (TPSA) is 76.2 Å². The molecule has 0 heterocycles. The van der Waals surface area contributed by atoms with Gasteiger partial charge in [0.2, 0.25) is 0 Å². The van der Waals surface area contributed by atoms with E-state index in [2.05, 4.69) is 4.74 Å². The molecule has 11 heavy (non-hydrogen) atoms. The number of hydrogen-bond acceptors (Lipinski definition) is 4. The summed E-state index contributed by atoms with van der Waals surface area (Å²) in [7, 11) is 0. The van der Waals surface area contributed by atoms with Gasteiger partial charge in [-0.15, -0.1) is 0 Å². The van der Waals surface area contributed by atoms with Crippen LogP contribution in [0, 0.1) is 5.41 Å². The minimum Gasteiger partial charge on any atom is -0.466 e. The van der Waals surface area contributed by atoms with Crippen molar-refractivity contribution in [2.24, 2.45) is 5.73 Å². The van der Waals surface area contributed by atoms with E-state index in [0.717, 1.165) is 11.8 Å². The Morgan fingerprint density at radius 3 is 2.82 bits per heavy atom. The largest absolute Gasteiger partial charge is 0.466 e. The van der Waals surface area contributed by atoms with Crippen molar-refractivity contribution < 1.29 is 9.53 Å². The Hall–Kier alpha value is -0.710. The van der Waals surface area contributed by atoms with Crippen molar-refractivity contribution in [3.8, 4) is 0 Å². The predicted molar refractivity (Wildman–Crippen MR) is 45.6 cm³/mol. The van der Waals surface area contributed by atoms with E-state index in [1.807, 2.05) is 0 Å². The first kappa shape index (κ1) is 10.3. The Morgan fingerprint density at radius 1 is 1.73 bits per heavy atom. The number of thioether (sulfide) groups is 1. The van der Waals surface area contributed by atoms with Crippen molar-refractivity contribution in [1.82, 2.24) is 0 Å². The molecule has 64 valence electrons. The van der Waals surface area contributed by atoms with Gasteiger partial charge in [0.1, 0.15) is 0 Å². The summed E-state index contributed by atoms with van der Waals surface area (Å²) < 4.78 is 4.66. The molecule has 0 aromatic rings. The molecule has 0 aliphatic carbocycles. The second-order valence-corrected chi connectivity index (χ2v) is 2.90. The second-order valence-electron chi connectivity index (χ2n) is 1.77. The third-order valence-electron chi connectivity index (χ3n) is 0.869. The van der Waals surface area contributed by atoms with Crippen LogP contribution in [-0.2, 0) is 9.53 Å². The van der Waals surface area contributed by atoms with Crippen molar-refractivity contribution in [1.29, 1.82) is 5.41 Å². The molecule has 0 aliphatic rings. The van der Waals surface area contributed by atoms with Crippen molar-refractivity contribution in [3.63, 3.8) is 0 Å². The maximum Gasteiger partial charge on any atom is 0.306 e. The van der Waals surface area contributed by atoms with Gasteiger partial charge in [0.25, 0.3) is 0 Å². The summed E-state index contributed by atoms with van der Waals surface area (Å²) in [6.07, 6.45) is 0.318. The van der Waals surface area contributed by atoms with Gasteiger partial charge in [0.15, 0.2) is 5.17 Å². The summed E-state index contributed by atoms with van der Waals surface area (Å²) in [6.45, 7) is 2.17. The van der Waals surface area contributed by atoms with Gasteiger partial charge in [-0.3, -0.25) is 10.2 Å². The van der Waals surface area contributed by atoms with Gasteiger partial charge < -0.3 is 10.5 Å². The quantitative estimate of drug-likeness (QED) is 0.373. The van der Waals surface area contributed by atoms with Gasteiger partial charge in [-0.1, -0.05) is 11.8 Å². The maximum absolute atomic E-state index is 10.7. The molecule has 0 aromatic heterocycles. The van der Waals surface area contributed by atoms with Crippen molar-refractivity contribution in [3.05, 3.63) is 0 Å². The van der Waals surface area contributed by atoms with Crippen LogP contribution in [0.3, 0.4) is 0 Å². The monoisotopic (exact) mass is 176 g/mol. The summed E-state index contributed by atoms with van der Waals surface area (Å²) in [4.78, 5) is 10.7. The zero-order valence-corrected chi connectivity index (χ0v) is 7.24. The fraction of sp³-hybridized carbons (Fsp3) is 0.667. The molecule has 0 amide bonds.